The van der Waals surface area contributed by atoms with Crippen LogP contribution in [0.1, 0.15) is 12.8 Å². The van der Waals surface area contributed by atoms with Gasteiger partial charge in [0.1, 0.15) is 16.9 Å². The van der Waals surface area contributed by atoms with Gasteiger partial charge in [-0.1, -0.05) is 17.7 Å². The van der Waals surface area contributed by atoms with E-state index < -0.39 is 0 Å². The molecule has 6 rings (SSSR count). The highest BCUT2D eigenvalue weighted by atomic mass is 35.5. The van der Waals surface area contributed by atoms with Crippen molar-refractivity contribution in [1.82, 2.24) is 25.2 Å². The molecule has 0 unspecified atom stereocenters. The summed E-state index contributed by atoms with van der Waals surface area (Å²) in [6.07, 6.45) is 2.28. The maximum absolute atomic E-state index is 13.4. The van der Waals surface area contributed by atoms with Gasteiger partial charge in [0.2, 0.25) is 0 Å². The number of nitrogens with zero attached hydrogens (tertiary/aromatic N) is 3. The molecule has 2 aliphatic heterocycles. The molecule has 1 atom stereocenters. The summed E-state index contributed by atoms with van der Waals surface area (Å²) in [4.78, 5) is 29.6. The van der Waals surface area contributed by atoms with E-state index >= 15 is 0 Å². The van der Waals surface area contributed by atoms with Crippen molar-refractivity contribution >= 4 is 44.9 Å². The SMILES string of the molecule is CN1CCN(c2cccc3[nH]c(-c4c(NC[C@@H]5CCCN5)c5cc(Cl)ccc5[nH]c4=O)nc23)CC1. The number of fused-ring (bicyclic) bond motifs is 2. The lowest BCUT2D eigenvalue weighted by atomic mass is 10.1. The van der Waals surface area contributed by atoms with Gasteiger partial charge in [-0.15, -0.1) is 0 Å². The van der Waals surface area contributed by atoms with Crippen LogP contribution in [-0.2, 0) is 0 Å². The number of aromatic nitrogens is 3. The molecule has 4 heterocycles. The van der Waals surface area contributed by atoms with Gasteiger partial charge in [0, 0.05) is 49.2 Å². The molecule has 2 saturated heterocycles. The quantitative estimate of drug-likeness (QED) is 0.341. The summed E-state index contributed by atoms with van der Waals surface area (Å²) in [7, 11) is 2.15. The van der Waals surface area contributed by atoms with Gasteiger partial charge < -0.3 is 30.4 Å². The zero-order valence-corrected chi connectivity index (χ0v) is 20.6. The maximum Gasteiger partial charge on any atom is 0.261 e. The van der Waals surface area contributed by atoms with Crippen LogP contribution in [-0.4, -0.2) is 72.2 Å². The third kappa shape index (κ3) is 4.26. The van der Waals surface area contributed by atoms with Crippen LogP contribution in [0.2, 0.25) is 5.02 Å². The number of piperazine rings is 1. The number of likely N-dealkylation sites (N-methyl/N-ethyl adjacent to an activating group) is 1. The summed E-state index contributed by atoms with van der Waals surface area (Å²) in [6, 6.07) is 12.1. The molecule has 4 N–H and O–H groups in total. The van der Waals surface area contributed by atoms with Gasteiger partial charge >= 0.3 is 0 Å². The van der Waals surface area contributed by atoms with Gasteiger partial charge in [0.05, 0.1) is 22.4 Å². The van der Waals surface area contributed by atoms with Crippen molar-refractivity contribution in [2.24, 2.45) is 0 Å². The van der Waals surface area contributed by atoms with Crippen LogP contribution >= 0.6 is 11.6 Å². The highest BCUT2D eigenvalue weighted by Crippen LogP contribution is 2.34. The summed E-state index contributed by atoms with van der Waals surface area (Å²) in [5.74, 6) is 0.562. The zero-order valence-electron chi connectivity index (χ0n) is 19.8. The topological polar surface area (TPSA) is 92.1 Å². The molecule has 4 aromatic rings. The van der Waals surface area contributed by atoms with Gasteiger partial charge in [-0.05, 0) is 56.8 Å². The molecule has 0 spiro atoms. The minimum absolute atomic E-state index is 0.179. The molecule has 2 aromatic carbocycles. The molecule has 2 fully saturated rings. The number of para-hydroxylation sites is 1. The number of anilines is 2. The fourth-order valence-electron chi connectivity index (χ4n) is 5.27. The van der Waals surface area contributed by atoms with Crippen molar-refractivity contribution in [3.63, 3.8) is 0 Å². The third-order valence-corrected chi connectivity index (χ3v) is 7.47. The van der Waals surface area contributed by atoms with Crippen LogP contribution in [0.4, 0.5) is 11.4 Å². The first-order chi connectivity index (χ1) is 17.1. The molecule has 0 amide bonds. The Bertz CT molecular complexity index is 1430. The molecule has 35 heavy (non-hydrogen) atoms. The van der Waals surface area contributed by atoms with Crippen LogP contribution in [0.15, 0.2) is 41.2 Å². The second-order valence-electron chi connectivity index (χ2n) is 9.62. The van der Waals surface area contributed by atoms with Crippen molar-refractivity contribution < 1.29 is 0 Å². The van der Waals surface area contributed by atoms with Crippen LogP contribution in [0.25, 0.3) is 33.3 Å². The summed E-state index contributed by atoms with van der Waals surface area (Å²) in [5.41, 5.74) is 4.76. The minimum atomic E-state index is -0.179. The number of benzene rings is 2. The van der Waals surface area contributed by atoms with E-state index in [9.17, 15) is 4.79 Å². The monoisotopic (exact) mass is 491 g/mol. The van der Waals surface area contributed by atoms with Crippen molar-refractivity contribution in [3.8, 4) is 11.4 Å². The minimum Gasteiger partial charge on any atom is -0.382 e. The van der Waals surface area contributed by atoms with E-state index in [-0.39, 0.29) is 5.56 Å². The van der Waals surface area contributed by atoms with Gasteiger partial charge in [-0.3, -0.25) is 4.79 Å². The van der Waals surface area contributed by atoms with Crippen LogP contribution < -0.4 is 21.1 Å². The lowest BCUT2D eigenvalue weighted by Gasteiger charge is -2.34. The number of rotatable bonds is 5. The number of imidazole rings is 1. The molecule has 2 aromatic heterocycles. The molecule has 2 aliphatic rings. The molecule has 0 radical (unpaired) electrons. The van der Waals surface area contributed by atoms with E-state index in [2.05, 4.69) is 43.5 Å². The molecule has 182 valence electrons. The smallest absolute Gasteiger partial charge is 0.261 e. The molecule has 8 nitrogen and oxygen atoms in total. The normalized spacial score (nSPS) is 19.1. The van der Waals surface area contributed by atoms with E-state index in [1.165, 1.54) is 6.42 Å². The molecular weight excluding hydrogens is 462 g/mol. The van der Waals surface area contributed by atoms with E-state index in [1.807, 2.05) is 24.3 Å². The summed E-state index contributed by atoms with van der Waals surface area (Å²) >= 11 is 6.37. The molecule has 0 aliphatic carbocycles. The average Bonchev–Trinajstić information content (AvgIpc) is 3.53. The van der Waals surface area contributed by atoms with Crippen molar-refractivity contribution in [2.45, 2.75) is 18.9 Å². The van der Waals surface area contributed by atoms with Gasteiger partial charge in [0.15, 0.2) is 0 Å². The number of H-pyrrole nitrogens is 2. The number of halogens is 1. The number of nitrogens with one attached hydrogen (secondary N) is 4. The average molecular weight is 492 g/mol. The third-order valence-electron chi connectivity index (χ3n) is 7.24. The molecule has 9 heteroatoms. The second kappa shape index (κ2) is 9.18. The molecular formula is C26H30ClN7O. The van der Waals surface area contributed by atoms with Crippen molar-refractivity contribution in [2.75, 3.05) is 56.5 Å². The fraction of sp³-hybridized carbons (Fsp3) is 0.385. The maximum atomic E-state index is 13.4. The zero-order chi connectivity index (χ0) is 23.9. The standard InChI is InChI=1S/C26H30ClN7O/c1-33-10-12-34(13-11-33)21-6-2-5-20-24(21)32-25(30-20)22-23(29-15-17-4-3-9-28-17)18-14-16(27)7-8-19(18)31-26(22)35/h2,5-8,14,17,28H,3-4,9-13,15H2,1H3,(H,30,32)(H2,29,31,35)/t17-/m0/s1. The second-order valence-corrected chi connectivity index (χ2v) is 10.1. The molecule has 0 saturated carbocycles. The van der Waals surface area contributed by atoms with E-state index in [0.29, 0.717) is 22.5 Å². The first kappa shape index (κ1) is 22.4. The Morgan fingerprint density at radius 2 is 1.97 bits per heavy atom. The Morgan fingerprint density at radius 1 is 1.11 bits per heavy atom. The summed E-state index contributed by atoms with van der Waals surface area (Å²) < 4.78 is 0. The van der Waals surface area contributed by atoms with Gasteiger partial charge in [0.25, 0.3) is 5.56 Å². The highest BCUT2D eigenvalue weighted by Gasteiger charge is 2.23. The predicted octanol–water partition coefficient (Wildman–Crippen LogP) is 3.64. The first-order valence-corrected chi connectivity index (χ1v) is 12.7. The van der Waals surface area contributed by atoms with Gasteiger partial charge in [-0.2, -0.15) is 0 Å². The van der Waals surface area contributed by atoms with E-state index in [1.54, 1.807) is 6.07 Å². The van der Waals surface area contributed by atoms with E-state index in [4.69, 9.17) is 16.6 Å². The Balaban J connectivity index is 1.47. The van der Waals surface area contributed by atoms with Crippen molar-refractivity contribution in [1.29, 1.82) is 0 Å². The van der Waals surface area contributed by atoms with Crippen LogP contribution in [0.5, 0.6) is 0 Å². The lowest BCUT2D eigenvalue weighted by Crippen LogP contribution is -2.44. The summed E-state index contributed by atoms with van der Waals surface area (Å²) in [6.45, 7) is 5.69. The number of aromatic amines is 2. The van der Waals surface area contributed by atoms with Crippen molar-refractivity contribution in [3.05, 3.63) is 51.8 Å². The Morgan fingerprint density at radius 3 is 2.77 bits per heavy atom. The highest BCUT2D eigenvalue weighted by molar-refractivity contribution is 6.31. The summed E-state index contributed by atoms with van der Waals surface area (Å²) in [5, 5.41) is 8.60. The Labute approximate surface area is 208 Å². The van der Waals surface area contributed by atoms with Crippen LogP contribution in [0, 0.1) is 0 Å². The predicted molar refractivity (Wildman–Crippen MR) is 144 cm³/mol. The fourth-order valence-corrected chi connectivity index (χ4v) is 5.44. The van der Waals surface area contributed by atoms with Crippen LogP contribution in [0.3, 0.4) is 0 Å². The lowest BCUT2D eigenvalue weighted by molar-refractivity contribution is 0.313. The van der Waals surface area contributed by atoms with Gasteiger partial charge in [-0.25, -0.2) is 4.98 Å². The van der Waals surface area contributed by atoms with E-state index in [0.717, 1.165) is 79.0 Å². The Hall–Kier alpha value is -3.07. The number of hydrogen-bond acceptors (Lipinski definition) is 6. The first-order valence-electron chi connectivity index (χ1n) is 12.3. The largest absolute Gasteiger partial charge is 0.382 e. The number of hydrogen-bond donors (Lipinski definition) is 4. The number of pyridine rings is 1. The molecule has 0 bridgehead atoms. The Kier molecular flexibility index (Phi) is 5.88.